The first-order chi connectivity index (χ1) is 15.0. The van der Waals surface area contributed by atoms with Crippen molar-refractivity contribution in [1.29, 1.82) is 0 Å². The Morgan fingerprint density at radius 1 is 1.38 bits per heavy atom. The van der Waals surface area contributed by atoms with Gasteiger partial charge in [-0.05, 0) is 33.3 Å². The summed E-state index contributed by atoms with van der Waals surface area (Å²) in [5, 5.41) is 16.8. The maximum absolute atomic E-state index is 12.9. The minimum absolute atomic E-state index is 0.0571. The van der Waals surface area contributed by atoms with Gasteiger partial charge in [0, 0.05) is 11.1 Å². The Kier molecular flexibility index (Phi) is 6.88. The first kappa shape index (κ1) is 23.7. The fraction of sp³-hybridized carbons (Fsp3) is 0.474. The van der Waals surface area contributed by atoms with Crippen LogP contribution >= 0.6 is 23.1 Å². The molecule has 0 spiro atoms. The Hall–Kier alpha value is -2.93. The van der Waals surface area contributed by atoms with Gasteiger partial charge >= 0.3 is 11.9 Å². The number of rotatable bonds is 7. The van der Waals surface area contributed by atoms with Crippen LogP contribution in [0.2, 0.25) is 0 Å². The van der Waals surface area contributed by atoms with Gasteiger partial charge in [-0.2, -0.15) is 0 Å². The standard InChI is InChI=1S/C19H22N4O7S2/c1-9-6-32-17-13(16(26)23(17)14(9)18(27)28)21-15(25)12(10-7-31-8-20-10)22-29-5-11(24)30-19(2,3)4/h7-8,13,17H,5-6H2,1-4H3,(H,21,25)(H,27,28)/t13?,17-/m1/s1. The molecule has 0 radical (unpaired) electrons. The number of hydrogen-bond acceptors (Lipinski definition) is 10. The summed E-state index contributed by atoms with van der Waals surface area (Å²) >= 11 is 2.58. The summed E-state index contributed by atoms with van der Waals surface area (Å²) in [5.41, 5.74) is 1.31. The van der Waals surface area contributed by atoms with Crippen LogP contribution in [0, 0.1) is 0 Å². The number of amides is 2. The SMILES string of the molecule is CC1=C(C(=O)O)N2C(=O)C(NC(=O)C(=NOCC(=O)OC(C)(C)C)c3cscn3)[C@H]2SC1. The topological polar surface area (TPSA) is 147 Å². The molecular weight excluding hydrogens is 460 g/mol. The lowest BCUT2D eigenvalue weighted by Crippen LogP contribution is -2.71. The third kappa shape index (κ3) is 5.10. The molecule has 1 aromatic rings. The molecule has 2 N–H and O–H groups in total. The molecule has 32 heavy (non-hydrogen) atoms. The van der Waals surface area contributed by atoms with Crippen LogP contribution in [0.4, 0.5) is 0 Å². The summed E-state index contributed by atoms with van der Waals surface area (Å²) in [7, 11) is 0. The van der Waals surface area contributed by atoms with E-state index in [1.165, 1.54) is 33.5 Å². The predicted molar refractivity (Wildman–Crippen MR) is 116 cm³/mol. The van der Waals surface area contributed by atoms with Gasteiger partial charge in [-0.1, -0.05) is 5.16 Å². The number of carboxylic acids is 1. The van der Waals surface area contributed by atoms with Crippen LogP contribution in [0.5, 0.6) is 0 Å². The summed E-state index contributed by atoms with van der Waals surface area (Å²) in [6.07, 6.45) is 0. The first-order valence-electron chi connectivity index (χ1n) is 9.48. The fourth-order valence-corrected chi connectivity index (χ4v) is 4.87. The lowest BCUT2D eigenvalue weighted by atomic mass is 10.0. The highest BCUT2D eigenvalue weighted by atomic mass is 32.2. The molecule has 0 aliphatic carbocycles. The summed E-state index contributed by atoms with van der Waals surface area (Å²) in [6.45, 7) is 6.25. The van der Waals surface area contributed by atoms with Gasteiger partial charge in [-0.25, -0.2) is 14.6 Å². The van der Waals surface area contributed by atoms with Crippen molar-refractivity contribution in [2.24, 2.45) is 5.16 Å². The molecule has 2 aliphatic rings. The average Bonchev–Trinajstić information content (AvgIpc) is 3.21. The second-order valence-corrected chi connectivity index (χ2v) is 9.79. The summed E-state index contributed by atoms with van der Waals surface area (Å²) in [4.78, 5) is 59.0. The Morgan fingerprint density at radius 3 is 2.69 bits per heavy atom. The van der Waals surface area contributed by atoms with Crippen molar-refractivity contribution in [3.05, 3.63) is 27.9 Å². The van der Waals surface area contributed by atoms with E-state index in [9.17, 15) is 24.3 Å². The number of esters is 1. The first-order valence-corrected chi connectivity index (χ1v) is 11.5. The van der Waals surface area contributed by atoms with Crippen molar-refractivity contribution < 1.29 is 33.9 Å². The van der Waals surface area contributed by atoms with Gasteiger partial charge in [0.15, 0.2) is 5.71 Å². The molecular formula is C19H22N4O7S2. The van der Waals surface area contributed by atoms with Crippen molar-refractivity contribution >= 4 is 52.6 Å². The highest BCUT2D eigenvalue weighted by Gasteiger charge is 2.54. The molecule has 2 aliphatic heterocycles. The molecule has 11 nitrogen and oxygen atoms in total. The number of β-lactam (4-membered cyclic amide) rings is 1. The third-order valence-electron chi connectivity index (χ3n) is 4.30. The zero-order valence-electron chi connectivity index (χ0n) is 17.8. The minimum Gasteiger partial charge on any atom is -0.477 e. The van der Waals surface area contributed by atoms with E-state index >= 15 is 0 Å². The molecule has 172 valence electrons. The third-order valence-corrected chi connectivity index (χ3v) is 6.31. The van der Waals surface area contributed by atoms with Gasteiger partial charge in [0.2, 0.25) is 6.61 Å². The van der Waals surface area contributed by atoms with Crippen LogP contribution in [0.1, 0.15) is 33.4 Å². The average molecular weight is 483 g/mol. The van der Waals surface area contributed by atoms with Gasteiger partial charge < -0.3 is 20.0 Å². The van der Waals surface area contributed by atoms with Crippen LogP contribution in [0.15, 0.2) is 27.3 Å². The highest BCUT2D eigenvalue weighted by Crippen LogP contribution is 2.40. The number of thioether (sulfide) groups is 1. The van der Waals surface area contributed by atoms with Crippen molar-refractivity contribution in [3.63, 3.8) is 0 Å². The number of carbonyl (C=O) groups excluding carboxylic acids is 3. The second-order valence-electron chi connectivity index (χ2n) is 7.97. The number of hydrogen-bond donors (Lipinski definition) is 2. The number of aliphatic carboxylic acids is 1. The van der Waals surface area contributed by atoms with Crippen molar-refractivity contribution in [2.75, 3.05) is 12.4 Å². The second kappa shape index (κ2) is 9.28. The van der Waals surface area contributed by atoms with E-state index in [2.05, 4.69) is 15.5 Å². The lowest BCUT2D eigenvalue weighted by molar-refractivity contribution is -0.160. The fourth-order valence-electron chi connectivity index (χ4n) is 3.04. The van der Waals surface area contributed by atoms with Crippen molar-refractivity contribution in [1.82, 2.24) is 15.2 Å². The molecule has 1 fully saturated rings. The summed E-state index contributed by atoms with van der Waals surface area (Å²) in [6, 6.07) is -0.926. The zero-order valence-corrected chi connectivity index (χ0v) is 19.4. The van der Waals surface area contributed by atoms with Crippen LogP contribution in [0.3, 0.4) is 0 Å². The molecule has 1 unspecified atom stereocenters. The Balaban J connectivity index is 1.70. The summed E-state index contributed by atoms with van der Waals surface area (Å²) in [5.74, 6) is -2.69. The molecule has 2 atom stereocenters. The highest BCUT2D eigenvalue weighted by molar-refractivity contribution is 8.00. The lowest BCUT2D eigenvalue weighted by Gasteiger charge is -2.49. The molecule has 13 heteroatoms. The molecule has 1 saturated heterocycles. The van der Waals surface area contributed by atoms with Crippen LogP contribution in [0.25, 0.3) is 0 Å². The normalized spacial score (nSPS) is 20.9. The summed E-state index contributed by atoms with van der Waals surface area (Å²) < 4.78 is 5.12. The van der Waals surface area contributed by atoms with E-state index in [1.807, 2.05) is 0 Å². The molecule has 0 aromatic carbocycles. The molecule has 2 amide bonds. The van der Waals surface area contributed by atoms with E-state index in [4.69, 9.17) is 9.57 Å². The van der Waals surface area contributed by atoms with E-state index in [1.54, 1.807) is 33.1 Å². The van der Waals surface area contributed by atoms with Gasteiger partial charge in [-0.15, -0.1) is 23.1 Å². The van der Waals surface area contributed by atoms with E-state index in [0.717, 1.165) is 0 Å². The maximum atomic E-state index is 12.9. The van der Waals surface area contributed by atoms with Crippen LogP contribution in [-0.4, -0.2) is 73.8 Å². The number of aromatic nitrogens is 1. The maximum Gasteiger partial charge on any atom is 0.352 e. The Bertz CT molecular complexity index is 998. The molecule has 0 bridgehead atoms. The van der Waals surface area contributed by atoms with Crippen LogP contribution in [-0.2, 0) is 28.8 Å². The molecule has 3 rings (SSSR count). The Labute approximate surface area is 191 Å². The van der Waals surface area contributed by atoms with Crippen molar-refractivity contribution in [3.8, 4) is 0 Å². The largest absolute Gasteiger partial charge is 0.477 e. The number of carboxylic acid groups (broad SMARTS) is 1. The van der Waals surface area contributed by atoms with E-state index in [-0.39, 0.29) is 17.1 Å². The van der Waals surface area contributed by atoms with Gasteiger partial charge in [0.25, 0.3) is 11.8 Å². The van der Waals surface area contributed by atoms with Crippen molar-refractivity contribution in [2.45, 2.75) is 44.7 Å². The Morgan fingerprint density at radius 2 is 2.09 bits per heavy atom. The van der Waals surface area contributed by atoms with Gasteiger partial charge in [0.1, 0.15) is 28.4 Å². The smallest absolute Gasteiger partial charge is 0.352 e. The van der Waals surface area contributed by atoms with Gasteiger partial charge in [0.05, 0.1) is 5.51 Å². The molecule has 1 aromatic heterocycles. The molecule has 0 saturated carbocycles. The number of nitrogens with one attached hydrogen (secondary N) is 1. The zero-order chi connectivity index (χ0) is 23.6. The number of fused-ring (bicyclic) bond motifs is 1. The number of thiazole rings is 1. The van der Waals surface area contributed by atoms with E-state index < -0.39 is 47.4 Å². The quantitative estimate of drug-likeness (QED) is 0.251. The number of nitrogens with zero attached hydrogens (tertiary/aromatic N) is 3. The minimum atomic E-state index is -1.19. The van der Waals surface area contributed by atoms with E-state index in [0.29, 0.717) is 11.3 Å². The van der Waals surface area contributed by atoms with Crippen LogP contribution < -0.4 is 5.32 Å². The molecule has 3 heterocycles. The predicted octanol–water partition coefficient (Wildman–Crippen LogP) is 0.964. The van der Waals surface area contributed by atoms with Gasteiger partial charge in [-0.3, -0.25) is 14.5 Å². The number of carbonyl (C=O) groups is 4. The monoisotopic (exact) mass is 482 g/mol. The number of oxime groups is 1. The number of ether oxygens (including phenoxy) is 1.